The molecule has 0 aliphatic carbocycles. The number of ether oxygens (including phenoxy) is 4. The van der Waals surface area contributed by atoms with Gasteiger partial charge in [-0.1, -0.05) is 11.8 Å². The molecule has 1 aliphatic rings. The van der Waals surface area contributed by atoms with Gasteiger partial charge in [0.2, 0.25) is 12.7 Å². The van der Waals surface area contributed by atoms with E-state index in [2.05, 4.69) is 21.6 Å². The zero-order valence-corrected chi connectivity index (χ0v) is 16.6. The van der Waals surface area contributed by atoms with Crippen molar-refractivity contribution in [2.75, 3.05) is 38.6 Å². The number of hydrogen-bond acceptors (Lipinski definition) is 8. The number of methoxy groups -OCH3 is 1. The van der Waals surface area contributed by atoms with E-state index in [0.717, 1.165) is 22.8 Å². The molecule has 7 nitrogen and oxygen atoms in total. The minimum absolute atomic E-state index is 0.235. The molecule has 1 aliphatic heterocycles. The van der Waals surface area contributed by atoms with Crippen LogP contribution in [0.2, 0.25) is 0 Å². The van der Waals surface area contributed by atoms with Gasteiger partial charge in [-0.3, -0.25) is 4.79 Å². The standard InChI is InChI=1S/C20H21NO6S/c1-14-16(7-9-24-8-3-4-10-28-12-19(22)23-2)21-20(27-14)15-5-6-17-18(11-15)26-13-25-17/h5-6,11H,7-10,12-13H2,1-2H3. The third-order valence-corrected chi connectivity index (χ3v) is 4.70. The summed E-state index contributed by atoms with van der Waals surface area (Å²) in [6.07, 6.45) is 0.638. The minimum Gasteiger partial charge on any atom is -0.468 e. The lowest BCUT2D eigenvalue weighted by Gasteiger charge is -1.98. The lowest BCUT2D eigenvalue weighted by Crippen LogP contribution is -2.03. The third-order valence-electron chi connectivity index (χ3n) is 3.92. The van der Waals surface area contributed by atoms with Crippen LogP contribution in [0.3, 0.4) is 0 Å². The monoisotopic (exact) mass is 403 g/mol. The average molecular weight is 403 g/mol. The van der Waals surface area contributed by atoms with E-state index in [0.29, 0.717) is 42.8 Å². The molecule has 0 unspecified atom stereocenters. The van der Waals surface area contributed by atoms with E-state index >= 15 is 0 Å². The molecule has 2 heterocycles. The van der Waals surface area contributed by atoms with E-state index in [1.54, 1.807) is 0 Å². The number of benzene rings is 1. The van der Waals surface area contributed by atoms with Crippen molar-refractivity contribution in [1.82, 2.24) is 4.98 Å². The second-order valence-electron chi connectivity index (χ2n) is 5.82. The van der Waals surface area contributed by atoms with Crippen LogP contribution in [0.1, 0.15) is 11.5 Å². The Balaban J connectivity index is 1.42. The van der Waals surface area contributed by atoms with Crippen molar-refractivity contribution in [3.63, 3.8) is 0 Å². The van der Waals surface area contributed by atoms with Gasteiger partial charge in [0, 0.05) is 12.0 Å². The molecule has 148 valence electrons. The molecule has 0 fully saturated rings. The number of esters is 1. The molecule has 2 aromatic rings. The highest BCUT2D eigenvalue weighted by Crippen LogP contribution is 2.36. The molecule has 0 saturated carbocycles. The summed E-state index contributed by atoms with van der Waals surface area (Å²) >= 11 is 1.41. The first kappa shape index (κ1) is 20.1. The summed E-state index contributed by atoms with van der Waals surface area (Å²) in [5.74, 6) is 9.23. The number of nitrogens with zero attached hydrogens (tertiary/aromatic N) is 1. The summed E-state index contributed by atoms with van der Waals surface area (Å²) in [6.45, 7) is 2.96. The summed E-state index contributed by atoms with van der Waals surface area (Å²) in [5, 5.41) is 0. The highest BCUT2D eigenvalue weighted by Gasteiger charge is 2.17. The Kier molecular flexibility index (Phi) is 7.23. The van der Waals surface area contributed by atoms with Crippen LogP contribution in [0.5, 0.6) is 11.5 Å². The van der Waals surface area contributed by atoms with Gasteiger partial charge in [-0.25, -0.2) is 4.98 Å². The summed E-state index contributed by atoms with van der Waals surface area (Å²) < 4.78 is 26.6. The van der Waals surface area contributed by atoms with Crippen molar-refractivity contribution in [1.29, 1.82) is 0 Å². The van der Waals surface area contributed by atoms with Crippen molar-refractivity contribution in [3.8, 4) is 34.8 Å². The van der Waals surface area contributed by atoms with Crippen molar-refractivity contribution in [3.05, 3.63) is 29.7 Å². The van der Waals surface area contributed by atoms with Crippen LogP contribution in [0.4, 0.5) is 0 Å². The SMILES string of the molecule is COC(=O)CSCC#CCOCCc1nc(-c2ccc3c(c2)OCO3)oc1C. The van der Waals surface area contributed by atoms with Crippen molar-refractivity contribution in [2.45, 2.75) is 13.3 Å². The summed E-state index contributed by atoms with van der Waals surface area (Å²) in [5.41, 5.74) is 1.70. The lowest BCUT2D eigenvalue weighted by molar-refractivity contribution is -0.137. The fourth-order valence-electron chi connectivity index (χ4n) is 2.45. The van der Waals surface area contributed by atoms with E-state index in [4.69, 9.17) is 18.6 Å². The summed E-state index contributed by atoms with van der Waals surface area (Å²) in [6, 6.07) is 5.61. The zero-order valence-electron chi connectivity index (χ0n) is 15.8. The van der Waals surface area contributed by atoms with Crippen LogP contribution in [0.15, 0.2) is 22.6 Å². The quantitative estimate of drug-likeness (QED) is 0.378. The van der Waals surface area contributed by atoms with Gasteiger partial charge in [0.15, 0.2) is 11.5 Å². The Morgan fingerprint density at radius 3 is 3.00 bits per heavy atom. The third kappa shape index (κ3) is 5.44. The van der Waals surface area contributed by atoms with Gasteiger partial charge in [0.05, 0.1) is 30.9 Å². The molecular formula is C20H21NO6S. The number of carbonyl (C=O) groups is 1. The largest absolute Gasteiger partial charge is 0.468 e. The van der Waals surface area contributed by atoms with Gasteiger partial charge in [-0.15, -0.1) is 11.8 Å². The lowest BCUT2D eigenvalue weighted by atomic mass is 10.2. The molecule has 0 N–H and O–H groups in total. The Morgan fingerprint density at radius 2 is 2.14 bits per heavy atom. The Hall–Kier alpha value is -2.63. The number of fused-ring (bicyclic) bond motifs is 1. The van der Waals surface area contributed by atoms with Crippen LogP contribution in [-0.4, -0.2) is 49.6 Å². The van der Waals surface area contributed by atoms with E-state index in [9.17, 15) is 4.79 Å². The Bertz CT molecular complexity index is 883. The van der Waals surface area contributed by atoms with Gasteiger partial charge < -0.3 is 23.4 Å². The zero-order chi connectivity index (χ0) is 19.8. The highest BCUT2D eigenvalue weighted by atomic mass is 32.2. The maximum atomic E-state index is 10.9. The molecule has 28 heavy (non-hydrogen) atoms. The molecule has 1 aromatic heterocycles. The fraction of sp³-hybridized carbons (Fsp3) is 0.400. The highest BCUT2D eigenvalue weighted by molar-refractivity contribution is 8.00. The van der Waals surface area contributed by atoms with E-state index < -0.39 is 0 Å². The first-order valence-corrected chi connectivity index (χ1v) is 9.87. The number of hydrogen-bond donors (Lipinski definition) is 0. The van der Waals surface area contributed by atoms with Crippen LogP contribution in [-0.2, 0) is 20.7 Å². The van der Waals surface area contributed by atoms with E-state index in [1.165, 1.54) is 18.9 Å². The van der Waals surface area contributed by atoms with E-state index in [1.807, 2.05) is 25.1 Å². The van der Waals surface area contributed by atoms with Crippen LogP contribution in [0.25, 0.3) is 11.5 Å². The molecule has 0 bridgehead atoms. The number of carbonyl (C=O) groups excluding carboxylic acids is 1. The molecular weight excluding hydrogens is 382 g/mol. The number of thioether (sulfide) groups is 1. The van der Waals surface area contributed by atoms with Gasteiger partial charge in [0.25, 0.3) is 0 Å². The van der Waals surface area contributed by atoms with Gasteiger partial charge >= 0.3 is 5.97 Å². The topological polar surface area (TPSA) is 80.0 Å². The first-order chi connectivity index (χ1) is 13.7. The number of aromatic nitrogens is 1. The van der Waals surface area contributed by atoms with Gasteiger partial charge in [-0.2, -0.15) is 0 Å². The average Bonchev–Trinajstić information content (AvgIpc) is 3.32. The Labute approximate surface area is 167 Å². The van der Waals surface area contributed by atoms with Crippen LogP contribution < -0.4 is 9.47 Å². The van der Waals surface area contributed by atoms with E-state index in [-0.39, 0.29) is 12.8 Å². The van der Waals surface area contributed by atoms with Crippen molar-refractivity contribution >= 4 is 17.7 Å². The van der Waals surface area contributed by atoms with Crippen LogP contribution in [0, 0.1) is 18.8 Å². The smallest absolute Gasteiger partial charge is 0.315 e. The molecule has 0 radical (unpaired) electrons. The molecule has 8 heteroatoms. The van der Waals surface area contributed by atoms with Crippen LogP contribution >= 0.6 is 11.8 Å². The molecule has 0 atom stereocenters. The van der Waals surface area contributed by atoms with Gasteiger partial charge in [0.1, 0.15) is 12.4 Å². The summed E-state index contributed by atoms with van der Waals surface area (Å²) in [4.78, 5) is 15.5. The molecule has 1 aromatic carbocycles. The fourth-order valence-corrected chi connectivity index (χ4v) is 3.04. The maximum Gasteiger partial charge on any atom is 0.315 e. The maximum absolute atomic E-state index is 10.9. The first-order valence-electron chi connectivity index (χ1n) is 8.71. The normalized spacial score (nSPS) is 11.8. The Morgan fingerprint density at radius 1 is 1.29 bits per heavy atom. The number of oxazole rings is 1. The second-order valence-corrected chi connectivity index (χ2v) is 6.80. The van der Waals surface area contributed by atoms with Crippen molar-refractivity contribution in [2.24, 2.45) is 0 Å². The predicted molar refractivity (Wildman–Crippen MR) is 104 cm³/mol. The minimum atomic E-state index is -0.244. The number of rotatable bonds is 8. The molecule has 3 rings (SSSR count). The molecule has 0 saturated heterocycles. The number of aryl methyl sites for hydroxylation is 1. The second kappa shape index (κ2) is 10.1. The summed E-state index contributed by atoms with van der Waals surface area (Å²) in [7, 11) is 1.37. The van der Waals surface area contributed by atoms with Gasteiger partial charge in [-0.05, 0) is 25.1 Å². The molecule has 0 spiro atoms. The molecule has 0 amide bonds. The van der Waals surface area contributed by atoms with Crippen molar-refractivity contribution < 1.29 is 28.2 Å². The predicted octanol–water partition coefficient (Wildman–Crippen LogP) is 2.85.